The maximum atomic E-state index is 12.3. The molecule has 0 aliphatic rings. The van der Waals surface area contributed by atoms with E-state index in [0.717, 1.165) is 6.26 Å². The van der Waals surface area contributed by atoms with Crippen LogP contribution in [0.3, 0.4) is 0 Å². The standard InChI is InChI=1S/C8H8F3NO5S/c9-8(10,11)18(15,16)12(5-7(13)14)4-6-2-1-3-17-6/h1-3H,4-5H2,(H,13,14). The van der Waals surface area contributed by atoms with Gasteiger partial charge in [0, 0.05) is 0 Å². The number of furan rings is 1. The number of carbonyl (C=O) groups is 1. The van der Waals surface area contributed by atoms with Crippen LogP contribution >= 0.6 is 0 Å². The summed E-state index contributed by atoms with van der Waals surface area (Å²) in [6, 6.07) is 2.58. The third-order valence-electron chi connectivity index (χ3n) is 1.86. The van der Waals surface area contributed by atoms with Gasteiger partial charge in [0.05, 0.1) is 12.8 Å². The Kier molecular flexibility index (Phi) is 4.02. The van der Waals surface area contributed by atoms with E-state index in [-0.39, 0.29) is 10.1 Å². The number of hydrogen-bond donors (Lipinski definition) is 1. The van der Waals surface area contributed by atoms with Crippen LogP contribution in [0.2, 0.25) is 0 Å². The van der Waals surface area contributed by atoms with Gasteiger partial charge in [-0.15, -0.1) is 0 Å². The average molecular weight is 287 g/mol. The van der Waals surface area contributed by atoms with Crippen molar-refractivity contribution in [1.82, 2.24) is 4.31 Å². The second kappa shape index (κ2) is 4.98. The van der Waals surface area contributed by atoms with E-state index in [1.807, 2.05) is 0 Å². The normalized spacial score (nSPS) is 12.9. The lowest BCUT2D eigenvalue weighted by Gasteiger charge is -2.20. The van der Waals surface area contributed by atoms with E-state index in [0.29, 0.717) is 0 Å². The Bertz CT molecular complexity index is 507. The summed E-state index contributed by atoms with van der Waals surface area (Å²) < 4.78 is 63.6. The summed E-state index contributed by atoms with van der Waals surface area (Å²) in [7, 11) is -5.72. The number of sulfonamides is 1. The molecule has 0 radical (unpaired) electrons. The van der Waals surface area contributed by atoms with Crippen molar-refractivity contribution in [2.45, 2.75) is 12.1 Å². The highest BCUT2D eigenvalue weighted by Crippen LogP contribution is 2.27. The molecular formula is C8H8F3NO5S. The van der Waals surface area contributed by atoms with Crippen molar-refractivity contribution < 1.29 is 35.9 Å². The Hall–Kier alpha value is -1.55. The van der Waals surface area contributed by atoms with Gasteiger partial charge in [0.2, 0.25) is 0 Å². The predicted octanol–water partition coefficient (Wildman–Crippen LogP) is 1.02. The van der Waals surface area contributed by atoms with Gasteiger partial charge < -0.3 is 9.52 Å². The fourth-order valence-electron chi connectivity index (χ4n) is 1.10. The van der Waals surface area contributed by atoms with Gasteiger partial charge in [-0.3, -0.25) is 4.79 Å². The van der Waals surface area contributed by atoms with Crippen LogP contribution in [-0.4, -0.2) is 35.9 Å². The van der Waals surface area contributed by atoms with Gasteiger partial charge in [0.1, 0.15) is 12.3 Å². The van der Waals surface area contributed by atoms with Crippen LogP contribution in [0.25, 0.3) is 0 Å². The molecule has 18 heavy (non-hydrogen) atoms. The first-order valence-corrected chi connectivity index (χ1v) is 5.89. The average Bonchev–Trinajstić information content (AvgIpc) is 2.66. The Morgan fingerprint density at radius 1 is 1.44 bits per heavy atom. The van der Waals surface area contributed by atoms with Gasteiger partial charge in [-0.1, -0.05) is 0 Å². The lowest BCUT2D eigenvalue weighted by Crippen LogP contribution is -2.42. The van der Waals surface area contributed by atoms with Gasteiger partial charge in [-0.05, 0) is 12.1 Å². The molecule has 0 aliphatic heterocycles. The van der Waals surface area contributed by atoms with Crippen molar-refractivity contribution in [1.29, 1.82) is 0 Å². The minimum atomic E-state index is -5.72. The summed E-state index contributed by atoms with van der Waals surface area (Å²) in [6.45, 7) is -2.11. The maximum Gasteiger partial charge on any atom is 0.511 e. The quantitative estimate of drug-likeness (QED) is 0.873. The number of nitrogens with zero attached hydrogens (tertiary/aromatic N) is 1. The van der Waals surface area contributed by atoms with Crippen LogP contribution in [-0.2, 0) is 21.4 Å². The zero-order valence-electron chi connectivity index (χ0n) is 8.72. The SMILES string of the molecule is O=C(O)CN(Cc1ccco1)S(=O)(=O)C(F)(F)F. The van der Waals surface area contributed by atoms with E-state index in [9.17, 15) is 26.4 Å². The Labute approximate surface area is 99.7 Å². The van der Waals surface area contributed by atoms with Crippen molar-refractivity contribution in [3.63, 3.8) is 0 Å². The van der Waals surface area contributed by atoms with Gasteiger partial charge in [0.15, 0.2) is 0 Å². The Morgan fingerprint density at radius 2 is 2.06 bits per heavy atom. The molecular weight excluding hydrogens is 279 g/mol. The number of aliphatic carboxylic acids is 1. The fourth-order valence-corrected chi connectivity index (χ4v) is 1.97. The predicted molar refractivity (Wildman–Crippen MR) is 51.7 cm³/mol. The molecule has 0 spiro atoms. The van der Waals surface area contributed by atoms with Crippen LogP contribution in [0.1, 0.15) is 5.76 Å². The second-order valence-corrected chi connectivity index (χ2v) is 5.12. The topological polar surface area (TPSA) is 87.8 Å². The first kappa shape index (κ1) is 14.5. The van der Waals surface area contributed by atoms with E-state index in [1.54, 1.807) is 0 Å². The minimum absolute atomic E-state index is 0.0934. The van der Waals surface area contributed by atoms with Crippen LogP contribution in [0.15, 0.2) is 22.8 Å². The fraction of sp³-hybridized carbons (Fsp3) is 0.375. The molecule has 10 heteroatoms. The van der Waals surface area contributed by atoms with Crippen LogP contribution in [0, 0.1) is 0 Å². The van der Waals surface area contributed by atoms with Crippen LogP contribution < -0.4 is 0 Å². The van der Waals surface area contributed by atoms with Crippen LogP contribution in [0.5, 0.6) is 0 Å². The molecule has 0 aliphatic carbocycles. The molecule has 0 saturated carbocycles. The number of carboxylic acid groups (broad SMARTS) is 1. The third-order valence-corrected chi connectivity index (χ3v) is 3.38. The molecule has 6 nitrogen and oxygen atoms in total. The zero-order chi connectivity index (χ0) is 14.0. The summed E-state index contributed by atoms with van der Waals surface area (Å²) in [5.74, 6) is -1.79. The number of carboxylic acids is 1. The Morgan fingerprint density at radius 3 is 2.44 bits per heavy atom. The van der Waals surface area contributed by atoms with Crippen LogP contribution in [0.4, 0.5) is 13.2 Å². The smallest absolute Gasteiger partial charge is 0.480 e. The van der Waals surface area contributed by atoms with Gasteiger partial charge in [-0.25, -0.2) is 8.42 Å². The van der Waals surface area contributed by atoms with Crippen molar-refractivity contribution in [3.8, 4) is 0 Å². The molecule has 1 N–H and O–H groups in total. The van der Waals surface area contributed by atoms with Gasteiger partial charge in [-0.2, -0.15) is 17.5 Å². The van der Waals surface area contributed by atoms with E-state index in [2.05, 4.69) is 4.42 Å². The van der Waals surface area contributed by atoms with E-state index in [1.165, 1.54) is 12.1 Å². The van der Waals surface area contributed by atoms with Crippen molar-refractivity contribution >= 4 is 16.0 Å². The molecule has 0 bridgehead atoms. The molecule has 0 atom stereocenters. The lowest BCUT2D eigenvalue weighted by molar-refractivity contribution is -0.137. The number of hydrogen-bond acceptors (Lipinski definition) is 4. The summed E-state index contributed by atoms with van der Waals surface area (Å²) >= 11 is 0. The molecule has 0 saturated heterocycles. The van der Waals surface area contributed by atoms with E-state index >= 15 is 0 Å². The number of alkyl halides is 3. The highest BCUT2D eigenvalue weighted by atomic mass is 32.2. The third kappa shape index (κ3) is 3.23. The maximum absolute atomic E-state index is 12.3. The highest BCUT2D eigenvalue weighted by Gasteiger charge is 2.50. The zero-order valence-corrected chi connectivity index (χ0v) is 9.53. The first-order chi connectivity index (χ1) is 8.14. The number of halogens is 3. The molecule has 1 rings (SSSR count). The second-order valence-electron chi connectivity index (χ2n) is 3.19. The molecule has 0 aromatic carbocycles. The number of rotatable bonds is 5. The monoisotopic (exact) mass is 287 g/mol. The molecule has 1 aromatic rings. The summed E-state index contributed by atoms with van der Waals surface area (Å²) in [6.07, 6.45) is 1.13. The largest absolute Gasteiger partial charge is 0.511 e. The van der Waals surface area contributed by atoms with Gasteiger partial charge in [0.25, 0.3) is 0 Å². The van der Waals surface area contributed by atoms with E-state index in [4.69, 9.17) is 5.11 Å². The molecule has 102 valence electrons. The summed E-state index contributed by atoms with van der Waals surface area (Å²) in [5, 5.41) is 8.44. The molecule has 1 heterocycles. The molecule has 0 unspecified atom stereocenters. The van der Waals surface area contributed by atoms with Crippen molar-refractivity contribution in [2.24, 2.45) is 0 Å². The minimum Gasteiger partial charge on any atom is -0.480 e. The van der Waals surface area contributed by atoms with Crippen molar-refractivity contribution in [3.05, 3.63) is 24.2 Å². The highest BCUT2D eigenvalue weighted by molar-refractivity contribution is 7.90. The first-order valence-electron chi connectivity index (χ1n) is 4.45. The molecule has 1 aromatic heterocycles. The van der Waals surface area contributed by atoms with Crippen molar-refractivity contribution in [2.75, 3.05) is 6.54 Å². The summed E-state index contributed by atoms with van der Waals surface area (Å²) in [5.41, 5.74) is -5.56. The Balaban J connectivity index is 3.02. The van der Waals surface area contributed by atoms with Gasteiger partial charge >= 0.3 is 21.5 Å². The molecule has 0 fully saturated rings. The lowest BCUT2D eigenvalue weighted by atomic mass is 10.4. The molecule has 0 amide bonds. The van der Waals surface area contributed by atoms with E-state index < -0.39 is 34.6 Å². The summed E-state index contributed by atoms with van der Waals surface area (Å²) in [4.78, 5) is 10.4.